The molecule has 3 rings (SSSR count). The predicted molar refractivity (Wildman–Crippen MR) is 116 cm³/mol. The largest absolute Gasteiger partial charge is 0.506 e. The molecule has 0 heterocycles. The number of anilines is 2. The van der Waals surface area contributed by atoms with Crippen LogP contribution in [0, 0.1) is 5.92 Å². The standard InChI is InChI=1S/C22H23ClN2O6/c1-2-13-9-14(24-21(28)22(29)30)10-16(23)20(13)31-15-6-7-18(26)17(11-15)25-19(27)8-12-4-3-5-12/h6-7,9-12,26H,2-5,8H2,1H3,(H,24,28)(H,25,27)(H,29,30). The zero-order valence-corrected chi connectivity index (χ0v) is 17.7. The summed E-state index contributed by atoms with van der Waals surface area (Å²) in [6.07, 6.45) is 4.15. The van der Waals surface area contributed by atoms with Gasteiger partial charge < -0.3 is 25.6 Å². The number of phenolic OH excluding ortho intramolecular Hbond substituents is 1. The number of amides is 2. The third-order valence-electron chi connectivity index (χ3n) is 5.11. The van der Waals surface area contributed by atoms with Crippen LogP contribution in [-0.2, 0) is 20.8 Å². The molecule has 164 valence electrons. The van der Waals surface area contributed by atoms with Gasteiger partial charge in [-0.2, -0.15) is 0 Å². The maximum Gasteiger partial charge on any atom is 0.394 e. The van der Waals surface area contributed by atoms with Crippen molar-refractivity contribution in [3.63, 3.8) is 0 Å². The molecule has 2 aromatic carbocycles. The number of hydrogen-bond donors (Lipinski definition) is 4. The predicted octanol–water partition coefficient (Wildman–Crippen LogP) is 4.55. The van der Waals surface area contributed by atoms with Crippen molar-refractivity contribution in [2.24, 2.45) is 5.92 Å². The summed E-state index contributed by atoms with van der Waals surface area (Å²) in [6.45, 7) is 1.85. The first-order valence-electron chi connectivity index (χ1n) is 9.94. The van der Waals surface area contributed by atoms with Gasteiger partial charge in [-0.1, -0.05) is 24.9 Å². The summed E-state index contributed by atoms with van der Waals surface area (Å²) < 4.78 is 5.91. The number of carboxylic acids is 1. The van der Waals surface area contributed by atoms with Crippen LogP contribution in [0.2, 0.25) is 5.02 Å². The van der Waals surface area contributed by atoms with E-state index in [1.54, 1.807) is 6.07 Å². The Balaban J connectivity index is 1.78. The maximum atomic E-state index is 12.2. The summed E-state index contributed by atoms with van der Waals surface area (Å²) in [5.41, 5.74) is 1.11. The molecule has 0 aliphatic heterocycles. The second-order valence-corrected chi connectivity index (χ2v) is 7.80. The first-order valence-corrected chi connectivity index (χ1v) is 10.3. The Kier molecular flexibility index (Phi) is 7.02. The van der Waals surface area contributed by atoms with E-state index < -0.39 is 11.9 Å². The van der Waals surface area contributed by atoms with Gasteiger partial charge >= 0.3 is 11.9 Å². The molecular formula is C22H23ClN2O6. The van der Waals surface area contributed by atoms with Crippen LogP contribution in [0.3, 0.4) is 0 Å². The lowest BCUT2D eigenvalue weighted by atomic mass is 9.83. The van der Waals surface area contributed by atoms with Crippen LogP contribution in [0.15, 0.2) is 30.3 Å². The number of ether oxygens (including phenoxy) is 1. The zero-order valence-electron chi connectivity index (χ0n) is 16.9. The number of carbonyl (C=O) groups is 3. The summed E-state index contributed by atoms with van der Waals surface area (Å²) in [6, 6.07) is 7.41. The summed E-state index contributed by atoms with van der Waals surface area (Å²) in [7, 11) is 0. The molecule has 1 aliphatic carbocycles. The third-order valence-corrected chi connectivity index (χ3v) is 5.40. The van der Waals surface area contributed by atoms with E-state index in [2.05, 4.69) is 10.6 Å². The highest BCUT2D eigenvalue weighted by Gasteiger charge is 2.21. The molecule has 1 saturated carbocycles. The molecule has 1 fully saturated rings. The number of carbonyl (C=O) groups excluding carboxylic acids is 2. The van der Waals surface area contributed by atoms with E-state index in [1.165, 1.54) is 24.3 Å². The van der Waals surface area contributed by atoms with E-state index in [9.17, 15) is 19.5 Å². The highest BCUT2D eigenvalue weighted by atomic mass is 35.5. The van der Waals surface area contributed by atoms with E-state index in [0.717, 1.165) is 19.3 Å². The number of aryl methyl sites for hydroxylation is 1. The molecule has 2 aromatic rings. The van der Waals surface area contributed by atoms with Gasteiger partial charge in [-0.3, -0.25) is 9.59 Å². The van der Waals surface area contributed by atoms with Gasteiger partial charge in [0.05, 0.1) is 10.7 Å². The highest BCUT2D eigenvalue weighted by molar-refractivity contribution is 6.37. The molecule has 1 aliphatic rings. The van der Waals surface area contributed by atoms with Crippen molar-refractivity contribution in [1.29, 1.82) is 0 Å². The van der Waals surface area contributed by atoms with Crippen molar-refractivity contribution in [2.75, 3.05) is 10.6 Å². The Morgan fingerprint density at radius 1 is 1.16 bits per heavy atom. The first-order chi connectivity index (χ1) is 14.8. The number of carboxylic acid groups (broad SMARTS) is 1. The number of hydrogen-bond acceptors (Lipinski definition) is 5. The summed E-state index contributed by atoms with van der Waals surface area (Å²) >= 11 is 6.32. The molecule has 0 bridgehead atoms. The molecule has 0 unspecified atom stereocenters. The van der Waals surface area contributed by atoms with Crippen LogP contribution in [0.4, 0.5) is 11.4 Å². The van der Waals surface area contributed by atoms with Gasteiger partial charge in [-0.05, 0) is 55.0 Å². The van der Waals surface area contributed by atoms with E-state index in [-0.39, 0.29) is 28.1 Å². The van der Waals surface area contributed by atoms with Gasteiger partial charge in [-0.15, -0.1) is 0 Å². The molecule has 2 amide bonds. The van der Waals surface area contributed by atoms with E-state index in [1.807, 2.05) is 6.92 Å². The van der Waals surface area contributed by atoms with Gasteiger partial charge in [0.25, 0.3) is 0 Å². The van der Waals surface area contributed by atoms with E-state index in [0.29, 0.717) is 35.8 Å². The molecule has 31 heavy (non-hydrogen) atoms. The summed E-state index contributed by atoms with van der Waals surface area (Å²) in [5, 5.41) is 24.0. The molecule has 0 atom stereocenters. The average Bonchev–Trinajstić information content (AvgIpc) is 2.68. The second kappa shape index (κ2) is 9.70. The quantitative estimate of drug-likeness (QED) is 0.365. The lowest BCUT2D eigenvalue weighted by molar-refractivity contribution is -0.147. The highest BCUT2D eigenvalue weighted by Crippen LogP contribution is 2.38. The molecule has 0 spiro atoms. The fourth-order valence-corrected chi connectivity index (χ4v) is 3.52. The Bertz CT molecular complexity index is 1020. The summed E-state index contributed by atoms with van der Waals surface area (Å²) in [5.74, 6) is -1.96. The van der Waals surface area contributed by atoms with Crippen molar-refractivity contribution in [1.82, 2.24) is 0 Å². The van der Waals surface area contributed by atoms with Crippen molar-refractivity contribution in [3.8, 4) is 17.2 Å². The Morgan fingerprint density at radius 2 is 1.90 bits per heavy atom. The fourth-order valence-electron chi connectivity index (χ4n) is 3.24. The third kappa shape index (κ3) is 5.67. The lowest BCUT2D eigenvalue weighted by Gasteiger charge is -2.24. The summed E-state index contributed by atoms with van der Waals surface area (Å²) in [4.78, 5) is 34.4. The molecular weight excluding hydrogens is 424 g/mol. The van der Waals surface area contributed by atoms with Crippen LogP contribution in [-0.4, -0.2) is 28.0 Å². The van der Waals surface area contributed by atoms with Crippen molar-refractivity contribution in [3.05, 3.63) is 40.9 Å². The van der Waals surface area contributed by atoms with E-state index >= 15 is 0 Å². The zero-order chi connectivity index (χ0) is 22.5. The molecule has 4 N–H and O–H groups in total. The smallest absolute Gasteiger partial charge is 0.394 e. The maximum absolute atomic E-state index is 12.2. The minimum Gasteiger partial charge on any atom is -0.506 e. The number of benzene rings is 2. The van der Waals surface area contributed by atoms with Crippen LogP contribution in [0.5, 0.6) is 17.2 Å². The van der Waals surface area contributed by atoms with Gasteiger partial charge in [-0.25, -0.2) is 4.79 Å². The number of aromatic hydroxyl groups is 1. The lowest BCUT2D eigenvalue weighted by Crippen LogP contribution is -2.21. The molecule has 0 saturated heterocycles. The number of halogens is 1. The first kappa shape index (κ1) is 22.4. The number of phenols is 1. The van der Waals surface area contributed by atoms with Crippen LogP contribution in [0.25, 0.3) is 0 Å². The Hall–Kier alpha value is -3.26. The number of aliphatic carboxylic acids is 1. The minimum atomic E-state index is -1.61. The van der Waals surface area contributed by atoms with E-state index in [4.69, 9.17) is 21.4 Å². The normalized spacial score (nSPS) is 13.2. The van der Waals surface area contributed by atoms with Gasteiger partial charge in [0.1, 0.15) is 17.2 Å². The van der Waals surface area contributed by atoms with Gasteiger partial charge in [0, 0.05) is 18.2 Å². The van der Waals surface area contributed by atoms with Crippen molar-refractivity contribution < 1.29 is 29.3 Å². The number of rotatable bonds is 7. The monoisotopic (exact) mass is 446 g/mol. The molecule has 0 aromatic heterocycles. The molecule has 0 radical (unpaired) electrons. The fraction of sp³-hybridized carbons (Fsp3) is 0.318. The van der Waals surface area contributed by atoms with Gasteiger partial charge in [0.2, 0.25) is 5.91 Å². The van der Waals surface area contributed by atoms with Crippen molar-refractivity contribution >= 4 is 40.8 Å². The molecule has 9 heteroatoms. The number of nitrogens with one attached hydrogen (secondary N) is 2. The SMILES string of the molecule is CCc1cc(NC(=O)C(=O)O)cc(Cl)c1Oc1ccc(O)c(NC(=O)CC2CCC2)c1. The second-order valence-electron chi connectivity index (χ2n) is 7.39. The van der Waals surface area contributed by atoms with Gasteiger partial charge in [0.15, 0.2) is 0 Å². The van der Waals surface area contributed by atoms with Crippen molar-refractivity contribution in [2.45, 2.75) is 39.0 Å². The Morgan fingerprint density at radius 3 is 2.52 bits per heavy atom. The average molecular weight is 447 g/mol. The minimum absolute atomic E-state index is 0.0807. The van der Waals surface area contributed by atoms with Crippen LogP contribution in [0.1, 0.15) is 38.2 Å². The Labute approximate surface area is 184 Å². The van der Waals surface area contributed by atoms with Crippen LogP contribution < -0.4 is 15.4 Å². The molecule has 8 nitrogen and oxygen atoms in total. The van der Waals surface area contributed by atoms with Crippen LogP contribution >= 0.6 is 11.6 Å². The topological polar surface area (TPSA) is 125 Å².